The van der Waals surface area contributed by atoms with Crippen molar-refractivity contribution in [2.24, 2.45) is 4.99 Å². The summed E-state index contributed by atoms with van der Waals surface area (Å²) < 4.78 is 16.5. The Hall–Kier alpha value is -2.23. The normalized spacial score (nSPS) is 12.5. The lowest BCUT2D eigenvalue weighted by Gasteiger charge is -2.15. The standard InChI is InChI=1S/C19H24N4O3.HI/c1-4-20-19(21-12-15-9-10-25-23-15)22-13(3)17-11-14-7-6-8-16(24-5-2)18(14)26-17;/h6-11,13H,4-5,12H2,1-3H3,(H2,20,21,22);1H. The number of aliphatic imine (C=N–C) groups is 1. The van der Waals surface area contributed by atoms with E-state index in [0.29, 0.717) is 19.1 Å². The summed E-state index contributed by atoms with van der Waals surface area (Å²) in [7, 11) is 0. The van der Waals surface area contributed by atoms with Gasteiger partial charge in [-0.3, -0.25) is 0 Å². The Morgan fingerprint density at radius 3 is 2.85 bits per heavy atom. The molecular formula is C19H25IN4O3. The van der Waals surface area contributed by atoms with Gasteiger partial charge in [-0.1, -0.05) is 17.3 Å². The van der Waals surface area contributed by atoms with Crippen molar-refractivity contribution in [2.45, 2.75) is 33.4 Å². The molecule has 0 aliphatic heterocycles. The Bertz CT molecular complexity index is 861. The van der Waals surface area contributed by atoms with Crippen molar-refractivity contribution in [1.82, 2.24) is 15.8 Å². The smallest absolute Gasteiger partial charge is 0.192 e. The Morgan fingerprint density at radius 2 is 2.15 bits per heavy atom. The van der Waals surface area contributed by atoms with Crippen LogP contribution in [0.4, 0.5) is 0 Å². The van der Waals surface area contributed by atoms with Crippen LogP contribution in [0.2, 0.25) is 0 Å². The topological polar surface area (TPSA) is 84.8 Å². The largest absolute Gasteiger partial charge is 0.490 e. The fourth-order valence-electron chi connectivity index (χ4n) is 2.61. The summed E-state index contributed by atoms with van der Waals surface area (Å²) >= 11 is 0. The highest BCUT2D eigenvalue weighted by Gasteiger charge is 2.15. The summed E-state index contributed by atoms with van der Waals surface area (Å²) in [5.41, 5.74) is 1.54. The van der Waals surface area contributed by atoms with E-state index in [2.05, 4.69) is 20.8 Å². The van der Waals surface area contributed by atoms with E-state index in [4.69, 9.17) is 13.7 Å². The molecule has 8 heteroatoms. The predicted octanol–water partition coefficient (Wildman–Crippen LogP) is 4.25. The molecule has 1 aromatic carbocycles. The second-order valence-electron chi connectivity index (χ2n) is 5.81. The van der Waals surface area contributed by atoms with Gasteiger partial charge < -0.3 is 24.3 Å². The molecule has 0 saturated heterocycles. The lowest BCUT2D eigenvalue weighted by atomic mass is 10.2. The maximum Gasteiger partial charge on any atom is 0.192 e. The fraction of sp³-hybridized carbons (Fsp3) is 0.368. The molecule has 27 heavy (non-hydrogen) atoms. The van der Waals surface area contributed by atoms with Crippen LogP contribution in [0.5, 0.6) is 5.75 Å². The second-order valence-corrected chi connectivity index (χ2v) is 5.81. The number of hydrogen-bond donors (Lipinski definition) is 2. The Kier molecular flexibility index (Phi) is 7.96. The molecule has 2 heterocycles. The molecule has 0 fully saturated rings. The minimum absolute atomic E-state index is 0. The number of para-hydroxylation sites is 1. The number of aromatic nitrogens is 1. The molecule has 1 unspecified atom stereocenters. The van der Waals surface area contributed by atoms with E-state index in [1.54, 1.807) is 6.07 Å². The van der Waals surface area contributed by atoms with E-state index in [-0.39, 0.29) is 30.0 Å². The molecule has 3 aromatic rings. The van der Waals surface area contributed by atoms with Crippen LogP contribution in [-0.2, 0) is 6.54 Å². The molecule has 2 N–H and O–H groups in total. The number of fused-ring (bicyclic) bond motifs is 1. The first-order valence-electron chi connectivity index (χ1n) is 8.80. The van der Waals surface area contributed by atoms with Crippen LogP contribution in [0.3, 0.4) is 0 Å². The van der Waals surface area contributed by atoms with Crippen LogP contribution in [0.25, 0.3) is 11.0 Å². The van der Waals surface area contributed by atoms with Crippen molar-refractivity contribution >= 4 is 40.9 Å². The summed E-state index contributed by atoms with van der Waals surface area (Å²) in [5.74, 6) is 2.27. The van der Waals surface area contributed by atoms with Gasteiger partial charge in [0, 0.05) is 18.0 Å². The molecule has 0 spiro atoms. The first-order chi connectivity index (χ1) is 12.7. The minimum Gasteiger partial charge on any atom is -0.490 e. The first-order valence-corrected chi connectivity index (χ1v) is 8.80. The monoisotopic (exact) mass is 484 g/mol. The van der Waals surface area contributed by atoms with E-state index in [0.717, 1.165) is 34.7 Å². The van der Waals surface area contributed by atoms with Gasteiger partial charge in [0.15, 0.2) is 17.3 Å². The Labute approximate surface area is 175 Å². The van der Waals surface area contributed by atoms with Crippen molar-refractivity contribution in [2.75, 3.05) is 13.2 Å². The minimum atomic E-state index is -0.0630. The zero-order valence-electron chi connectivity index (χ0n) is 15.7. The third-order valence-electron chi connectivity index (χ3n) is 3.84. The van der Waals surface area contributed by atoms with E-state index >= 15 is 0 Å². The van der Waals surface area contributed by atoms with Crippen molar-refractivity contribution in [3.63, 3.8) is 0 Å². The molecule has 146 valence electrons. The number of furan rings is 1. The fourth-order valence-corrected chi connectivity index (χ4v) is 2.61. The number of hydrogen-bond acceptors (Lipinski definition) is 5. The zero-order chi connectivity index (χ0) is 18.4. The average molecular weight is 484 g/mol. The van der Waals surface area contributed by atoms with Gasteiger partial charge in [0.05, 0.1) is 19.2 Å². The van der Waals surface area contributed by atoms with Crippen molar-refractivity contribution in [3.05, 3.63) is 48.0 Å². The highest BCUT2D eigenvalue weighted by atomic mass is 127. The van der Waals surface area contributed by atoms with E-state index in [1.807, 2.05) is 45.0 Å². The summed E-state index contributed by atoms with van der Waals surface area (Å²) in [6.07, 6.45) is 1.54. The van der Waals surface area contributed by atoms with Gasteiger partial charge in [0.1, 0.15) is 17.7 Å². The molecule has 0 aliphatic carbocycles. The van der Waals surface area contributed by atoms with Crippen molar-refractivity contribution in [3.8, 4) is 5.75 Å². The van der Waals surface area contributed by atoms with Crippen LogP contribution < -0.4 is 15.4 Å². The van der Waals surface area contributed by atoms with Crippen molar-refractivity contribution in [1.29, 1.82) is 0 Å². The van der Waals surface area contributed by atoms with Gasteiger partial charge in [0.25, 0.3) is 0 Å². The number of rotatable bonds is 7. The maximum atomic E-state index is 6.05. The number of guanidine groups is 1. The Balaban J connectivity index is 0.00000261. The van der Waals surface area contributed by atoms with Gasteiger partial charge in [-0.05, 0) is 32.9 Å². The lowest BCUT2D eigenvalue weighted by Crippen LogP contribution is -2.38. The summed E-state index contributed by atoms with van der Waals surface area (Å²) in [4.78, 5) is 4.53. The van der Waals surface area contributed by atoms with Crippen LogP contribution in [0.15, 0.2) is 50.5 Å². The van der Waals surface area contributed by atoms with Gasteiger partial charge in [-0.2, -0.15) is 0 Å². The highest BCUT2D eigenvalue weighted by molar-refractivity contribution is 14.0. The third kappa shape index (κ3) is 5.38. The molecule has 3 rings (SSSR count). The summed E-state index contributed by atoms with van der Waals surface area (Å²) in [6.45, 7) is 7.80. The quantitative estimate of drug-likeness (QED) is 0.296. The lowest BCUT2D eigenvalue weighted by molar-refractivity contribution is 0.336. The molecule has 0 bridgehead atoms. The van der Waals surface area contributed by atoms with Gasteiger partial charge in [-0.25, -0.2) is 4.99 Å². The number of ether oxygens (including phenoxy) is 1. The highest BCUT2D eigenvalue weighted by Crippen LogP contribution is 2.31. The predicted molar refractivity (Wildman–Crippen MR) is 116 cm³/mol. The molecule has 0 saturated carbocycles. The van der Waals surface area contributed by atoms with Crippen LogP contribution in [0.1, 0.15) is 38.3 Å². The van der Waals surface area contributed by atoms with Crippen molar-refractivity contribution < 1.29 is 13.7 Å². The maximum absolute atomic E-state index is 6.05. The van der Waals surface area contributed by atoms with Crippen LogP contribution in [0, 0.1) is 0 Å². The average Bonchev–Trinajstić information content (AvgIpc) is 3.30. The van der Waals surface area contributed by atoms with Crippen LogP contribution >= 0.6 is 24.0 Å². The Morgan fingerprint density at radius 1 is 1.30 bits per heavy atom. The number of nitrogens with zero attached hydrogens (tertiary/aromatic N) is 2. The van der Waals surface area contributed by atoms with E-state index < -0.39 is 0 Å². The SMILES string of the molecule is CCNC(=NCc1ccon1)NC(C)c1cc2cccc(OCC)c2o1.I. The molecule has 0 aliphatic rings. The van der Waals surface area contributed by atoms with Crippen LogP contribution in [-0.4, -0.2) is 24.3 Å². The third-order valence-corrected chi connectivity index (χ3v) is 3.84. The van der Waals surface area contributed by atoms with Gasteiger partial charge in [-0.15, -0.1) is 24.0 Å². The molecular weight excluding hydrogens is 459 g/mol. The molecule has 0 amide bonds. The molecule has 0 radical (unpaired) electrons. The zero-order valence-corrected chi connectivity index (χ0v) is 18.0. The molecule has 1 atom stereocenters. The van der Waals surface area contributed by atoms with E-state index in [9.17, 15) is 0 Å². The number of halogens is 1. The number of nitrogens with one attached hydrogen (secondary N) is 2. The summed E-state index contributed by atoms with van der Waals surface area (Å²) in [5, 5.41) is 11.5. The first kappa shape index (κ1) is 21.1. The molecule has 2 aromatic heterocycles. The van der Waals surface area contributed by atoms with Gasteiger partial charge in [0.2, 0.25) is 0 Å². The van der Waals surface area contributed by atoms with Gasteiger partial charge >= 0.3 is 0 Å². The molecule has 7 nitrogen and oxygen atoms in total. The number of benzene rings is 1. The summed E-state index contributed by atoms with van der Waals surface area (Å²) in [6, 6.07) is 9.66. The van der Waals surface area contributed by atoms with E-state index in [1.165, 1.54) is 6.26 Å². The second kappa shape index (κ2) is 10.2.